The van der Waals surface area contributed by atoms with Gasteiger partial charge in [0, 0.05) is 12.2 Å². The molecule has 1 spiro atoms. The van der Waals surface area contributed by atoms with E-state index in [0.29, 0.717) is 19.1 Å². The van der Waals surface area contributed by atoms with Crippen molar-refractivity contribution in [2.45, 2.75) is 51.4 Å². The Hall–Kier alpha value is -2.30. The molecule has 5 heteroatoms. The van der Waals surface area contributed by atoms with Crippen molar-refractivity contribution < 1.29 is 14.3 Å². The Morgan fingerprint density at radius 3 is 2.92 bits per heavy atom. The molecule has 1 N–H and O–H groups in total. The molecule has 26 heavy (non-hydrogen) atoms. The first-order valence-corrected chi connectivity index (χ1v) is 9.66. The average molecular weight is 354 g/mol. The second-order valence-corrected chi connectivity index (χ2v) is 7.81. The van der Waals surface area contributed by atoms with Crippen LogP contribution in [0.1, 0.15) is 57.1 Å². The molecule has 3 aliphatic rings. The molecule has 2 aliphatic heterocycles. The van der Waals surface area contributed by atoms with Gasteiger partial charge in [0.15, 0.2) is 0 Å². The molecule has 1 atom stereocenters. The minimum atomic E-state index is -0.319. The average Bonchev–Trinajstić information content (AvgIpc) is 3.39. The maximum Gasteiger partial charge on any atom is 0.414 e. The highest BCUT2D eigenvalue weighted by Gasteiger charge is 2.56. The van der Waals surface area contributed by atoms with E-state index in [1.807, 2.05) is 12.1 Å². The van der Waals surface area contributed by atoms with Crippen molar-refractivity contribution in [3.8, 4) is 0 Å². The lowest BCUT2D eigenvalue weighted by molar-refractivity contribution is -0.117. The first kappa shape index (κ1) is 17.1. The molecule has 1 aliphatic carbocycles. The van der Waals surface area contributed by atoms with Crippen LogP contribution in [0.2, 0.25) is 0 Å². The zero-order valence-electron chi connectivity index (χ0n) is 15.5. The van der Waals surface area contributed by atoms with E-state index in [9.17, 15) is 9.59 Å². The molecule has 5 nitrogen and oxygen atoms in total. The molecule has 1 unspecified atom stereocenters. The largest absolute Gasteiger partial charge is 0.449 e. The molecular weight excluding hydrogens is 328 g/mol. The number of amides is 2. The number of carbonyl (C=O) groups is 2. The molecule has 1 fully saturated rings. The van der Waals surface area contributed by atoms with Crippen LogP contribution in [0.5, 0.6) is 0 Å². The van der Waals surface area contributed by atoms with E-state index < -0.39 is 0 Å². The Labute approximate surface area is 154 Å². The number of rotatable bonds is 4. The monoisotopic (exact) mass is 354 g/mol. The Morgan fingerprint density at radius 1 is 1.38 bits per heavy atom. The second kappa shape index (κ2) is 6.45. The molecule has 1 saturated carbocycles. The van der Waals surface area contributed by atoms with E-state index in [0.717, 1.165) is 54.6 Å². The Balaban J connectivity index is 1.62. The molecule has 2 amide bonds. The van der Waals surface area contributed by atoms with Crippen LogP contribution in [0, 0.1) is 5.92 Å². The number of unbranched alkanes of at least 4 members (excludes halogenated alkanes) is 1. The Bertz CT molecular complexity index is 779. The summed E-state index contributed by atoms with van der Waals surface area (Å²) < 4.78 is 5.46. The first-order chi connectivity index (χ1) is 12.5. The van der Waals surface area contributed by atoms with Crippen LogP contribution >= 0.6 is 0 Å². The molecule has 2 heterocycles. The molecule has 0 aromatic heterocycles. The third kappa shape index (κ3) is 2.79. The highest BCUT2D eigenvalue weighted by atomic mass is 16.6. The molecule has 138 valence electrons. The topological polar surface area (TPSA) is 58.6 Å². The van der Waals surface area contributed by atoms with Crippen LogP contribution in [0.4, 0.5) is 10.5 Å². The molecular formula is C21H26N2O3. The maximum absolute atomic E-state index is 12.6. The summed E-state index contributed by atoms with van der Waals surface area (Å²) in [6.45, 7) is 5.34. The SMILES string of the molecule is CCCCOC(=O)N1CC(C)CC=C1c1ccc2c(c1)C1(CC1)C(=O)N2. The fraction of sp³-hybridized carbons (Fsp3) is 0.524. The summed E-state index contributed by atoms with van der Waals surface area (Å²) in [6, 6.07) is 6.05. The van der Waals surface area contributed by atoms with Crippen LogP contribution in [-0.2, 0) is 14.9 Å². The van der Waals surface area contributed by atoms with E-state index in [2.05, 4.69) is 31.3 Å². The lowest BCUT2D eigenvalue weighted by atomic mass is 9.93. The maximum atomic E-state index is 12.6. The lowest BCUT2D eigenvalue weighted by Gasteiger charge is -2.31. The van der Waals surface area contributed by atoms with Gasteiger partial charge in [-0.2, -0.15) is 0 Å². The third-order valence-corrected chi connectivity index (χ3v) is 5.71. The van der Waals surface area contributed by atoms with Crippen LogP contribution < -0.4 is 5.32 Å². The quantitative estimate of drug-likeness (QED) is 0.821. The van der Waals surface area contributed by atoms with Crippen LogP contribution in [-0.4, -0.2) is 30.1 Å². The summed E-state index contributed by atoms with van der Waals surface area (Å²) in [5.74, 6) is 0.525. The highest BCUT2D eigenvalue weighted by Crippen LogP contribution is 2.55. The lowest BCUT2D eigenvalue weighted by Crippen LogP contribution is -2.36. The number of carbonyl (C=O) groups excluding carboxylic acids is 2. The Kier molecular flexibility index (Phi) is 4.25. The van der Waals surface area contributed by atoms with Gasteiger partial charge in [-0.15, -0.1) is 0 Å². The zero-order chi connectivity index (χ0) is 18.3. The van der Waals surface area contributed by atoms with Gasteiger partial charge in [0.2, 0.25) is 5.91 Å². The third-order valence-electron chi connectivity index (χ3n) is 5.71. The van der Waals surface area contributed by atoms with Crippen molar-refractivity contribution in [2.24, 2.45) is 5.92 Å². The van der Waals surface area contributed by atoms with Crippen molar-refractivity contribution in [1.29, 1.82) is 0 Å². The number of benzene rings is 1. The molecule has 0 bridgehead atoms. The number of anilines is 1. The van der Waals surface area contributed by atoms with Crippen molar-refractivity contribution in [2.75, 3.05) is 18.5 Å². The summed E-state index contributed by atoms with van der Waals surface area (Å²) in [7, 11) is 0. The number of allylic oxidation sites excluding steroid dienone is 1. The smallest absolute Gasteiger partial charge is 0.414 e. The molecule has 4 rings (SSSR count). The first-order valence-electron chi connectivity index (χ1n) is 9.66. The fourth-order valence-electron chi connectivity index (χ4n) is 3.93. The number of ether oxygens (including phenoxy) is 1. The standard InChI is InChI=1S/C21H26N2O3/c1-3-4-11-26-20(25)23-13-14(2)5-8-18(23)15-6-7-17-16(12-15)21(9-10-21)19(24)22-17/h6-8,12,14H,3-5,9-11,13H2,1-2H3,(H,22,24). The van der Waals surface area contributed by atoms with E-state index in [1.54, 1.807) is 4.90 Å². The molecule has 0 radical (unpaired) electrons. The van der Waals surface area contributed by atoms with Crippen LogP contribution in [0.3, 0.4) is 0 Å². The van der Waals surface area contributed by atoms with Gasteiger partial charge in [-0.1, -0.05) is 32.4 Å². The van der Waals surface area contributed by atoms with Crippen molar-refractivity contribution in [3.05, 3.63) is 35.4 Å². The van der Waals surface area contributed by atoms with E-state index in [4.69, 9.17) is 4.74 Å². The van der Waals surface area contributed by atoms with Gasteiger partial charge in [-0.3, -0.25) is 9.69 Å². The minimum absolute atomic E-state index is 0.117. The predicted molar refractivity (Wildman–Crippen MR) is 101 cm³/mol. The number of hydrogen-bond donors (Lipinski definition) is 1. The Morgan fingerprint density at radius 2 is 2.19 bits per heavy atom. The van der Waals surface area contributed by atoms with Crippen molar-refractivity contribution in [1.82, 2.24) is 4.90 Å². The minimum Gasteiger partial charge on any atom is -0.449 e. The van der Waals surface area contributed by atoms with Gasteiger partial charge >= 0.3 is 6.09 Å². The number of hydrogen-bond acceptors (Lipinski definition) is 3. The highest BCUT2D eigenvalue weighted by molar-refractivity contribution is 6.08. The number of nitrogens with zero attached hydrogens (tertiary/aromatic N) is 1. The van der Waals surface area contributed by atoms with Gasteiger partial charge in [0.1, 0.15) is 0 Å². The summed E-state index contributed by atoms with van der Waals surface area (Å²) in [6.07, 6.45) is 6.49. The van der Waals surface area contributed by atoms with Gasteiger partial charge < -0.3 is 10.1 Å². The number of nitrogens with one attached hydrogen (secondary N) is 1. The number of fused-ring (bicyclic) bond motifs is 2. The molecule has 0 saturated heterocycles. The van der Waals surface area contributed by atoms with Crippen LogP contribution in [0.25, 0.3) is 5.70 Å². The van der Waals surface area contributed by atoms with Crippen LogP contribution in [0.15, 0.2) is 24.3 Å². The fourth-order valence-corrected chi connectivity index (χ4v) is 3.93. The summed E-state index contributed by atoms with van der Waals surface area (Å²) in [5.41, 5.74) is 3.57. The van der Waals surface area contributed by atoms with Gasteiger partial charge in [0.05, 0.1) is 17.7 Å². The summed E-state index contributed by atoms with van der Waals surface area (Å²) >= 11 is 0. The predicted octanol–water partition coefficient (Wildman–Crippen LogP) is 4.29. The van der Waals surface area contributed by atoms with E-state index in [-0.39, 0.29) is 17.4 Å². The van der Waals surface area contributed by atoms with Gasteiger partial charge in [-0.25, -0.2) is 4.79 Å². The summed E-state index contributed by atoms with van der Waals surface area (Å²) in [5, 5.41) is 2.99. The van der Waals surface area contributed by atoms with E-state index in [1.165, 1.54) is 0 Å². The second-order valence-electron chi connectivity index (χ2n) is 7.81. The van der Waals surface area contributed by atoms with E-state index >= 15 is 0 Å². The molecule has 1 aromatic carbocycles. The van der Waals surface area contributed by atoms with Crippen molar-refractivity contribution in [3.63, 3.8) is 0 Å². The van der Waals surface area contributed by atoms with Crippen molar-refractivity contribution >= 4 is 23.4 Å². The molecule has 1 aromatic rings. The summed E-state index contributed by atoms with van der Waals surface area (Å²) in [4.78, 5) is 26.6. The van der Waals surface area contributed by atoms with Gasteiger partial charge in [-0.05, 0) is 54.9 Å². The van der Waals surface area contributed by atoms with Gasteiger partial charge in [0.25, 0.3) is 0 Å². The zero-order valence-corrected chi connectivity index (χ0v) is 15.5. The normalized spacial score (nSPS) is 22.7.